The van der Waals surface area contributed by atoms with E-state index < -0.39 is 5.54 Å². The molecule has 0 fully saturated rings. The van der Waals surface area contributed by atoms with E-state index in [4.69, 9.17) is 4.74 Å². The summed E-state index contributed by atoms with van der Waals surface area (Å²) in [7, 11) is 0. The molecule has 1 aromatic rings. The predicted octanol–water partition coefficient (Wildman–Crippen LogP) is 4.56. The third-order valence-corrected chi connectivity index (χ3v) is 4.10. The number of carbonyl (C=O) groups excluding carboxylic acids is 1. The summed E-state index contributed by atoms with van der Waals surface area (Å²) in [6.45, 7) is 10.7. The van der Waals surface area contributed by atoms with Gasteiger partial charge in [-0.3, -0.25) is 0 Å². The van der Waals surface area contributed by atoms with Crippen LogP contribution in [0.4, 0.5) is 5.69 Å². The smallest absolute Gasteiger partial charge is 0.331 e. The van der Waals surface area contributed by atoms with Gasteiger partial charge in [-0.05, 0) is 44.7 Å². The van der Waals surface area contributed by atoms with Crippen LogP contribution < -0.4 is 5.32 Å². The van der Waals surface area contributed by atoms with Crippen molar-refractivity contribution < 1.29 is 9.53 Å². The lowest BCUT2D eigenvalue weighted by atomic mass is 9.84. The molecule has 0 radical (unpaired) electrons. The van der Waals surface area contributed by atoms with Gasteiger partial charge in [-0.2, -0.15) is 0 Å². The summed E-state index contributed by atoms with van der Waals surface area (Å²) in [4.78, 5) is 12.5. The topological polar surface area (TPSA) is 38.3 Å². The third-order valence-electron chi connectivity index (χ3n) is 4.10. The van der Waals surface area contributed by atoms with E-state index in [0.717, 1.165) is 18.5 Å². The summed E-state index contributed by atoms with van der Waals surface area (Å²) >= 11 is 0. The van der Waals surface area contributed by atoms with Crippen LogP contribution in [0.3, 0.4) is 0 Å². The van der Waals surface area contributed by atoms with Crippen molar-refractivity contribution in [2.75, 3.05) is 11.9 Å². The molecule has 0 saturated carbocycles. The first-order valence-corrected chi connectivity index (χ1v) is 7.99. The Morgan fingerprint density at radius 3 is 2.33 bits per heavy atom. The average Bonchev–Trinajstić information content (AvgIpc) is 2.48. The second-order valence-corrected chi connectivity index (χ2v) is 5.86. The minimum atomic E-state index is -0.638. The van der Waals surface area contributed by atoms with Crippen LogP contribution in [0, 0.1) is 12.8 Å². The number of esters is 1. The average molecular weight is 291 g/mol. The molecule has 0 spiro atoms. The lowest BCUT2D eigenvalue weighted by molar-refractivity contribution is -0.149. The van der Waals surface area contributed by atoms with E-state index in [1.807, 2.05) is 26.0 Å². The summed E-state index contributed by atoms with van der Waals surface area (Å²) in [5, 5.41) is 3.44. The zero-order valence-electron chi connectivity index (χ0n) is 14.0. The van der Waals surface area contributed by atoms with Crippen LogP contribution in [0.2, 0.25) is 0 Å². The van der Waals surface area contributed by atoms with Crippen molar-refractivity contribution in [1.29, 1.82) is 0 Å². The lowest BCUT2D eigenvalue weighted by Crippen LogP contribution is -2.48. The van der Waals surface area contributed by atoms with Crippen LogP contribution in [0.5, 0.6) is 0 Å². The Hall–Kier alpha value is -1.51. The molecule has 0 aliphatic rings. The van der Waals surface area contributed by atoms with Crippen molar-refractivity contribution >= 4 is 11.7 Å². The minimum Gasteiger partial charge on any atom is -0.464 e. The number of carbonyl (C=O) groups is 1. The highest BCUT2D eigenvalue weighted by Gasteiger charge is 2.39. The number of anilines is 1. The Labute approximate surface area is 129 Å². The van der Waals surface area contributed by atoms with Gasteiger partial charge in [0.15, 0.2) is 0 Å². The number of aryl methyl sites for hydroxylation is 1. The van der Waals surface area contributed by atoms with Crippen molar-refractivity contribution in [2.24, 2.45) is 5.92 Å². The number of hydrogen-bond donors (Lipinski definition) is 1. The van der Waals surface area contributed by atoms with E-state index >= 15 is 0 Å². The zero-order chi connectivity index (χ0) is 15.9. The largest absolute Gasteiger partial charge is 0.464 e. The molecular weight excluding hydrogens is 262 g/mol. The molecular formula is C18H29NO2. The highest BCUT2D eigenvalue weighted by molar-refractivity contribution is 5.84. The van der Waals surface area contributed by atoms with Crippen LogP contribution in [0.25, 0.3) is 0 Å². The molecule has 1 rings (SSSR count). The molecule has 0 amide bonds. The summed E-state index contributed by atoms with van der Waals surface area (Å²) in [6.07, 6.45) is 2.55. The van der Waals surface area contributed by atoms with E-state index in [2.05, 4.69) is 38.2 Å². The first kappa shape index (κ1) is 17.5. The van der Waals surface area contributed by atoms with Gasteiger partial charge in [0.1, 0.15) is 5.54 Å². The first-order chi connectivity index (χ1) is 9.97. The van der Waals surface area contributed by atoms with E-state index in [0.29, 0.717) is 18.9 Å². The van der Waals surface area contributed by atoms with Gasteiger partial charge in [-0.15, -0.1) is 0 Å². The SMILES string of the molecule is CCOC(=O)C(CC)(CC(C)CC)Nc1ccc(C)cc1. The van der Waals surface area contributed by atoms with Gasteiger partial charge in [0.05, 0.1) is 6.61 Å². The highest BCUT2D eigenvalue weighted by Crippen LogP contribution is 2.29. The summed E-state index contributed by atoms with van der Waals surface area (Å²) in [6, 6.07) is 8.15. The molecule has 2 unspecified atom stereocenters. The Kier molecular flexibility index (Phi) is 6.73. The molecule has 1 aromatic carbocycles. The van der Waals surface area contributed by atoms with Crippen LogP contribution >= 0.6 is 0 Å². The van der Waals surface area contributed by atoms with Crippen molar-refractivity contribution in [3.63, 3.8) is 0 Å². The van der Waals surface area contributed by atoms with Gasteiger partial charge < -0.3 is 10.1 Å². The second-order valence-electron chi connectivity index (χ2n) is 5.86. The number of nitrogens with one attached hydrogen (secondary N) is 1. The fourth-order valence-corrected chi connectivity index (χ4v) is 2.48. The monoisotopic (exact) mass is 291 g/mol. The lowest BCUT2D eigenvalue weighted by Gasteiger charge is -2.34. The van der Waals surface area contributed by atoms with Gasteiger partial charge in [0.25, 0.3) is 0 Å². The fourth-order valence-electron chi connectivity index (χ4n) is 2.48. The number of benzene rings is 1. The quantitative estimate of drug-likeness (QED) is 0.714. The molecule has 0 aromatic heterocycles. The van der Waals surface area contributed by atoms with Gasteiger partial charge in [0, 0.05) is 5.69 Å². The summed E-state index contributed by atoms with van der Waals surface area (Å²) in [5.41, 5.74) is 1.54. The Balaban J connectivity index is 3.03. The van der Waals surface area contributed by atoms with Crippen LogP contribution in [0.1, 0.15) is 52.5 Å². The predicted molar refractivity (Wildman–Crippen MR) is 88.5 cm³/mol. The van der Waals surface area contributed by atoms with Gasteiger partial charge in [0.2, 0.25) is 0 Å². The van der Waals surface area contributed by atoms with Crippen LogP contribution in [-0.4, -0.2) is 18.1 Å². The molecule has 21 heavy (non-hydrogen) atoms. The number of rotatable bonds is 8. The Bertz CT molecular complexity index is 441. The summed E-state index contributed by atoms with van der Waals surface area (Å²) < 4.78 is 5.34. The molecule has 0 aliphatic carbocycles. The zero-order valence-corrected chi connectivity index (χ0v) is 14.0. The van der Waals surface area contributed by atoms with Gasteiger partial charge in [-0.1, -0.05) is 44.9 Å². The third kappa shape index (κ3) is 4.76. The van der Waals surface area contributed by atoms with E-state index in [-0.39, 0.29) is 5.97 Å². The fraction of sp³-hybridized carbons (Fsp3) is 0.611. The summed E-state index contributed by atoms with van der Waals surface area (Å²) in [5.74, 6) is 0.320. The maximum absolute atomic E-state index is 12.5. The molecule has 3 nitrogen and oxygen atoms in total. The molecule has 0 aliphatic heterocycles. The van der Waals surface area contributed by atoms with Crippen molar-refractivity contribution in [1.82, 2.24) is 0 Å². The Morgan fingerprint density at radius 1 is 1.24 bits per heavy atom. The molecule has 118 valence electrons. The maximum atomic E-state index is 12.5. The van der Waals surface area contributed by atoms with Gasteiger partial charge in [-0.25, -0.2) is 4.79 Å². The Morgan fingerprint density at radius 2 is 1.86 bits per heavy atom. The van der Waals surface area contributed by atoms with Crippen molar-refractivity contribution in [3.8, 4) is 0 Å². The van der Waals surface area contributed by atoms with Crippen LogP contribution in [-0.2, 0) is 9.53 Å². The molecule has 0 heterocycles. The first-order valence-electron chi connectivity index (χ1n) is 7.99. The molecule has 3 heteroatoms. The standard InChI is InChI=1S/C18H29NO2/c1-6-14(4)13-18(7-2,17(20)21-8-3)19-16-11-9-15(5)10-12-16/h9-12,14,19H,6-8,13H2,1-5H3. The normalized spacial score (nSPS) is 15.1. The van der Waals surface area contributed by atoms with E-state index in [1.54, 1.807) is 0 Å². The van der Waals surface area contributed by atoms with E-state index in [9.17, 15) is 4.79 Å². The number of ether oxygens (including phenoxy) is 1. The number of hydrogen-bond acceptors (Lipinski definition) is 3. The second kappa shape index (κ2) is 8.06. The maximum Gasteiger partial charge on any atom is 0.331 e. The van der Waals surface area contributed by atoms with Crippen molar-refractivity contribution in [2.45, 2.75) is 59.4 Å². The van der Waals surface area contributed by atoms with E-state index in [1.165, 1.54) is 5.56 Å². The molecule has 2 atom stereocenters. The van der Waals surface area contributed by atoms with Crippen molar-refractivity contribution in [3.05, 3.63) is 29.8 Å². The molecule has 1 N–H and O–H groups in total. The minimum absolute atomic E-state index is 0.145. The van der Waals surface area contributed by atoms with Crippen LogP contribution in [0.15, 0.2) is 24.3 Å². The highest BCUT2D eigenvalue weighted by atomic mass is 16.5. The van der Waals surface area contributed by atoms with Gasteiger partial charge >= 0.3 is 5.97 Å². The molecule has 0 bridgehead atoms. The molecule has 0 saturated heterocycles.